The highest BCUT2D eigenvalue weighted by atomic mass is 32.1. The van der Waals surface area contributed by atoms with Crippen LogP contribution >= 0.6 is 11.3 Å². The van der Waals surface area contributed by atoms with Gasteiger partial charge >= 0.3 is 5.97 Å². The van der Waals surface area contributed by atoms with Gasteiger partial charge in [-0.3, -0.25) is 9.59 Å². The molecule has 4 nitrogen and oxygen atoms in total. The predicted octanol–water partition coefficient (Wildman–Crippen LogP) is 2.54. The minimum Gasteiger partial charge on any atom is -0.481 e. The number of aliphatic carboxylic acids is 1. The molecule has 1 heterocycles. The maximum absolute atomic E-state index is 12.0. The summed E-state index contributed by atoms with van der Waals surface area (Å²) < 4.78 is 0. The first kappa shape index (κ1) is 14.7. The lowest BCUT2D eigenvalue weighted by Crippen LogP contribution is -2.40. The van der Waals surface area contributed by atoms with Crippen molar-refractivity contribution in [1.29, 1.82) is 0 Å². The molecule has 1 rings (SSSR count). The fourth-order valence-corrected chi connectivity index (χ4v) is 2.43. The van der Waals surface area contributed by atoms with E-state index in [1.165, 1.54) is 11.3 Å². The zero-order valence-electron chi connectivity index (χ0n) is 10.9. The third-order valence-corrected chi connectivity index (χ3v) is 4.23. The fraction of sp³-hybridized carbons (Fsp3) is 0.538. The number of carboxylic acid groups (broad SMARTS) is 1. The highest BCUT2D eigenvalue weighted by Crippen LogP contribution is 2.21. The van der Waals surface area contributed by atoms with Gasteiger partial charge in [-0.1, -0.05) is 13.8 Å². The summed E-state index contributed by atoms with van der Waals surface area (Å²) in [5, 5.41) is 13.7. The van der Waals surface area contributed by atoms with E-state index in [9.17, 15) is 9.59 Å². The van der Waals surface area contributed by atoms with Crippen molar-refractivity contribution in [2.24, 2.45) is 5.41 Å². The summed E-state index contributed by atoms with van der Waals surface area (Å²) in [5.41, 5.74) is 0.102. The van der Waals surface area contributed by atoms with Crippen molar-refractivity contribution in [1.82, 2.24) is 5.32 Å². The maximum Gasteiger partial charge on any atom is 0.311 e. The number of aryl methyl sites for hydroxylation is 1. The van der Waals surface area contributed by atoms with Crippen molar-refractivity contribution in [3.05, 3.63) is 21.9 Å². The number of carbonyl (C=O) groups is 2. The number of nitrogens with one attached hydrogen (secondary N) is 1. The summed E-state index contributed by atoms with van der Waals surface area (Å²) in [6.07, 6.45) is 1.28. The lowest BCUT2D eigenvalue weighted by molar-refractivity contribution is -0.147. The molecule has 0 fully saturated rings. The molecule has 18 heavy (non-hydrogen) atoms. The van der Waals surface area contributed by atoms with Crippen LogP contribution in [0.1, 0.15) is 42.4 Å². The number of rotatable bonds is 6. The number of hydrogen-bond acceptors (Lipinski definition) is 3. The molecule has 0 saturated heterocycles. The van der Waals surface area contributed by atoms with Gasteiger partial charge < -0.3 is 10.4 Å². The van der Waals surface area contributed by atoms with E-state index in [-0.39, 0.29) is 12.5 Å². The van der Waals surface area contributed by atoms with Gasteiger partial charge in [-0.05, 0) is 36.8 Å². The van der Waals surface area contributed by atoms with Gasteiger partial charge in [0.25, 0.3) is 5.91 Å². The Kier molecular flexibility index (Phi) is 4.90. The largest absolute Gasteiger partial charge is 0.481 e. The van der Waals surface area contributed by atoms with Crippen LogP contribution in [0.3, 0.4) is 0 Å². The van der Waals surface area contributed by atoms with Crippen LogP contribution in [-0.4, -0.2) is 23.5 Å². The summed E-state index contributed by atoms with van der Waals surface area (Å²) in [6, 6.07) is 1.93. The Hall–Kier alpha value is -1.36. The summed E-state index contributed by atoms with van der Waals surface area (Å²) in [7, 11) is 0. The molecule has 0 aliphatic carbocycles. The number of thiophene rings is 1. The van der Waals surface area contributed by atoms with Gasteiger partial charge in [0, 0.05) is 6.54 Å². The van der Waals surface area contributed by atoms with Gasteiger partial charge in [0.15, 0.2) is 0 Å². The highest BCUT2D eigenvalue weighted by Gasteiger charge is 2.31. The molecular formula is C13H19NO3S. The second kappa shape index (κ2) is 6.00. The number of amides is 1. The summed E-state index contributed by atoms with van der Waals surface area (Å²) in [6.45, 7) is 5.60. The Morgan fingerprint density at radius 2 is 2.11 bits per heavy atom. The number of carboxylic acids is 1. The molecule has 1 unspecified atom stereocenters. The van der Waals surface area contributed by atoms with E-state index in [1.54, 1.807) is 6.92 Å². The maximum atomic E-state index is 12.0. The standard InChI is InChI=1S/C13H19NO3S/c1-4-9-6-7-18-10(9)11(15)14-8-13(3,5-2)12(16)17/h6-7H,4-5,8H2,1-3H3,(H,14,15)(H,16,17). The Morgan fingerprint density at radius 3 is 2.61 bits per heavy atom. The number of hydrogen-bond donors (Lipinski definition) is 2. The second-order valence-electron chi connectivity index (χ2n) is 4.53. The lowest BCUT2D eigenvalue weighted by Gasteiger charge is -2.23. The highest BCUT2D eigenvalue weighted by molar-refractivity contribution is 7.12. The van der Waals surface area contributed by atoms with Gasteiger partial charge in [0.05, 0.1) is 10.3 Å². The van der Waals surface area contributed by atoms with Gasteiger partial charge in [0.2, 0.25) is 0 Å². The van der Waals surface area contributed by atoms with Crippen molar-refractivity contribution < 1.29 is 14.7 Å². The van der Waals surface area contributed by atoms with Crippen LogP contribution in [0.2, 0.25) is 0 Å². The van der Waals surface area contributed by atoms with Crippen molar-refractivity contribution in [3.8, 4) is 0 Å². The van der Waals surface area contributed by atoms with Crippen molar-refractivity contribution in [2.45, 2.75) is 33.6 Å². The van der Waals surface area contributed by atoms with Crippen molar-refractivity contribution in [3.63, 3.8) is 0 Å². The van der Waals surface area contributed by atoms with E-state index in [2.05, 4.69) is 5.32 Å². The van der Waals surface area contributed by atoms with Crippen LogP contribution in [0.5, 0.6) is 0 Å². The van der Waals surface area contributed by atoms with Gasteiger partial charge in [-0.25, -0.2) is 0 Å². The smallest absolute Gasteiger partial charge is 0.311 e. The molecule has 100 valence electrons. The summed E-state index contributed by atoms with van der Waals surface area (Å²) >= 11 is 1.39. The van der Waals surface area contributed by atoms with Crippen molar-refractivity contribution in [2.75, 3.05) is 6.54 Å². The van der Waals surface area contributed by atoms with E-state index in [0.29, 0.717) is 11.3 Å². The molecule has 0 spiro atoms. The van der Waals surface area contributed by atoms with E-state index >= 15 is 0 Å². The quantitative estimate of drug-likeness (QED) is 0.834. The Morgan fingerprint density at radius 1 is 1.44 bits per heavy atom. The zero-order valence-corrected chi connectivity index (χ0v) is 11.8. The van der Waals surface area contributed by atoms with Crippen LogP contribution in [-0.2, 0) is 11.2 Å². The van der Waals surface area contributed by atoms with Crippen LogP contribution in [0, 0.1) is 5.41 Å². The fourth-order valence-electron chi connectivity index (χ4n) is 1.52. The van der Waals surface area contributed by atoms with Crippen LogP contribution < -0.4 is 5.32 Å². The van der Waals surface area contributed by atoms with Gasteiger partial charge in [0.1, 0.15) is 0 Å². The summed E-state index contributed by atoms with van der Waals surface area (Å²) in [4.78, 5) is 23.8. The molecule has 0 saturated carbocycles. The monoisotopic (exact) mass is 269 g/mol. The average Bonchev–Trinajstić information content (AvgIpc) is 2.83. The van der Waals surface area contributed by atoms with E-state index < -0.39 is 11.4 Å². The molecule has 1 aromatic rings. The van der Waals surface area contributed by atoms with Crippen LogP contribution in [0.15, 0.2) is 11.4 Å². The van der Waals surface area contributed by atoms with E-state index in [1.807, 2.05) is 25.3 Å². The normalized spacial score (nSPS) is 13.9. The molecule has 0 aromatic carbocycles. The van der Waals surface area contributed by atoms with Crippen LogP contribution in [0.4, 0.5) is 0 Å². The first-order valence-electron chi connectivity index (χ1n) is 6.02. The third kappa shape index (κ3) is 3.10. The van der Waals surface area contributed by atoms with Crippen molar-refractivity contribution >= 4 is 23.2 Å². The molecule has 0 radical (unpaired) electrons. The molecule has 5 heteroatoms. The van der Waals surface area contributed by atoms with E-state index in [4.69, 9.17) is 5.11 Å². The summed E-state index contributed by atoms with van der Waals surface area (Å²) in [5.74, 6) is -1.06. The lowest BCUT2D eigenvalue weighted by atomic mass is 9.88. The molecule has 0 bridgehead atoms. The van der Waals surface area contributed by atoms with Crippen LogP contribution in [0.25, 0.3) is 0 Å². The third-order valence-electron chi connectivity index (χ3n) is 3.27. The first-order valence-corrected chi connectivity index (χ1v) is 6.90. The molecular weight excluding hydrogens is 250 g/mol. The Bertz CT molecular complexity index is 441. The average molecular weight is 269 g/mol. The molecule has 0 aliphatic heterocycles. The molecule has 2 N–H and O–H groups in total. The first-order chi connectivity index (χ1) is 8.44. The molecule has 1 atom stereocenters. The minimum atomic E-state index is -0.903. The Labute approximate surface area is 111 Å². The zero-order chi connectivity index (χ0) is 13.8. The van der Waals surface area contributed by atoms with E-state index in [0.717, 1.165) is 12.0 Å². The Balaban J connectivity index is 2.69. The second-order valence-corrected chi connectivity index (χ2v) is 5.45. The molecule has 1 amide bonds. The number of carbonyl (C=O) groups excluding carboxylic acids is 1. The molecule has 1 aromatic heterocycles. The predicted molar refractivity (Wildman–Crippen MR) is 72.1 cm³/mol. The van der Waals surface area contributed by atoms with Gasteiger partial charge in [-0.15, -0.1) is 11.3 Å². The SMILES string of the molecule is CCc1ccsc1C(=O)NCC(C)(CC)C(=O)O. The van der Waals surface area contributed by atoms with Gasteiger partial charge in [-0.2, -0.15) is 0 Å². The minimum absolute atomic E-state index is 0.152. The molecule has 0 aliphatic rings. The topological polar surface area (TPSA) is 66.4 Å².